The first-order chi connectivity index (χ1) is 5.75. The Morgan fingerprint density at radius 2 is 2.17 bits per heavy atom. The first-order valence-corrected chi connectivity index (χ1v) is 4.51. The second-order valence-electron chi connectivity index (χ2n) is 3.02. The molecule has 0 aromatic carbocycles. The fourth-order valence-corrected chi connectivity index (χ4v) is 1.75. The van der Waals surface area contributed by atoms with Gasteiger partial charge in [0.1, 0.15) is 0 Å². The second kappa shape index (κ2) is 4.10. The molecule has 4 heteroatoms. The van der Waals surface area contributed by atoms with Gasteiger partial charge in [0.15, 0.2) is 0 Å². The number of esters is 1. The number of hydrogen-bond donors (Lipinski definition) is 0. The molecule has 0 aliphatic carbocycles. The largest absolute Gasteiger partial charge is 0.469 e. The molecule has 3 nitrogen and oxygen atoms in total. The molecule has 0 spiro atoms. The third kappa shape index (κ3) is 1.72. The zero-order chi connectivity index (χ0) is 9.03. The minimum atomic E-state index is -0.492. The lowest BCUT2D eigenvalue weighted by Gasteiger charge is -2.32. The summed E-state index contributed by atoms with van der Waals surface area (Å²) in [6, 6.07) is 0. The molecule has 1 saturated heterocycles. The van der Waals surface area contributed by atoms with E-state index in [-0.39, 0.29) is 5.97 Å². The molecule has 0 atom stereocenters. The highest BCUT2D eigenvalue weighted by atomic mass is 35.5. The van der Waals surface area contributed by atoms with E-state index in [1.807, 2.05) is 0 Å². The van der Waals surface area contributed by atoms with Crippen molar-refractivity contribution in [2.45, 2.75) is 12.8 Å². The highest BCUT2D eigenvalue weighted by Gasteiger charge is 2.40. The Morgan fingerprint density at radius 3 is 2.58 bits per heavy atom. The lowest BCUT2D eigenvalue weighted by molar-refractivity contribution is -0.156. The average molecular weight is 193 g/mol. The molecule has 0 aromatic heterocycles. The Kier molecular flexibility index (Phi) is 3.35. The van der Waals surface area contributed by atoms with Crippen LogP contribution in [0.15, 0.2) is 0 Å². The quantitative estimate of drug-likeness (QED) is 0.487. The van der Waals surface area contributed by atoms with Crippen LogP contribution in [0.3, 0.4) is 0 Å². The average Bonchev–Trinajstić information content (AvgIpc) is 2.17. The molecule has 0 aromatic rings. The lowest BCUT2D eigenvalue weighted by Crippen LogP contribution is -2.39. The third-order valence-electron chi connectivity index (χ3n) is 2.32. The molecule has 1 rings (SSSR count). The number of methoxy groups -OCH3 is 1. The van der Waals surface area contributed by atoms with E-state index >= 15 is 0 Å². The van der Waals surface area contributed by atoms with E-state index in [2.05, 4.69) is 0 Å². The van der Waals surface area contributed by atoms with E-state index < -0.39 is 5.41 Å². The standard InChI is InChI=1S/C8H13ClO3/c1-11-7(10)8(6-9)2-4-12-5-3-8/h2-6H2,1H3. The van der Waals surface area contributed by atoms with Crippen LogP contribution in [0.25, 0.3) is 0 Å². The Labute approximate surface area is 77.0 Å². The van der Waals surface area contributed by atoms with Gasteiger partial charge in [0.05, 0.1) is 12.5 Å². The van der Waals surface area contributed by atoms with E-state index in [1.165, 1.54) is 7.11 Å². The lowest BCUT2D eigenvalue weighted by atomic mass is 9.82. The van der Waals surface area contributed by atoms with Crippen molar-refractivity contribution in [3.8, 4) is 0 Å². The third-order valence-corrected chi connectivity index (χ3v) is 2.84. The molecule has 1 fully saturated rings. The summed E-state index contributed by atoms with van der Waals surface area (Å²) in [5.74, 6) is 0.115. The van der Waals surface area contributed by atoms with Gasteiger partial charge in [-0.15, -0.1) is 11.6 Å². The van der Waals surface area contributed by atoms with Gasteiger partial charge in [-0.25, -0.2) is 0 Å². The zero-order valence-electron chi connectivity index (χ0n) is 7.14. The number of hydrogen-bond acceptors (Lipinski definition) is 3. The van der Waals surface area contributed by atoms with Crippen molar-refractivity contribution >= 4 is 17.6 Å². The molecule has 70 valence electrons. The Morgan fingerprint density at radius 1 is 1.58 bits per heavy atom. The summed E-state index contributed by atoms with van der Waals surface area (Å²) in [4.78, 5) is 11.4. The summed E-state index contributed by atoms with van der Waals surface area (Å²) in [6.45, 7) is 1.20. The number of carbonyl (C=O) groups excluding carboxylic acids is 1. The Hall–Kier alpha value is -0.280. The molecule has 0 unspecified atom stereocenters. The van der Waals surface area contributed by atoms with Crippen LogP contribution in [0.1, 0.15) is 12.8 Å². The molecule has 1 aliphatic heterocycles. The molecule has 12 heavy (non-hydrogen) atoms. The Balaban J connectivity index is 2.66. The van der Waals surface area contributed by atoms with Crippen molar-refractivity contribution in [2.24, 2.45) is 5.41 Å². The minimum Gasteiger partial charge on any atom is -0.469 e. The first kappa shape index (κ1) is 9.81. The Bertz CT molecular complexity index is 164. The highest BCUT2D eigenvalue weighted by molar-refractivity contribution is 6.19. The van der Waals surface area contributed by atoms with Crippen LogP contribution in [-0.2, 0) is 14.3 Å². The SMILES string of the molecule is COC(=O)C1(CCl)CCOCC1. The number of halogens is 1. The van der Waals surface area contributed by atoms with Crippen LogP contribution in [0.5, 0.6) is 0 Å². The van der Waals surface area contributed by atoms with Gasteiger partial charge in [0, 0.05) is 19.1 Å². The van der Waals surface area contributed by atoms with Gasteiger partial charge < -0.3 is 9.47 Å². The monoisotopic (exact) mass is 192 g/mol. The zero-order valence-corrected chi connectivity index (χ0v) is 7.89. The molecule has 1 aliphatic rings. The summed E-state index contributed by atoms with van der Waals surface area (Å²) in [6.07, 6.45) is 1.34. The maximum atomic E-state index is 11.4. The molecule has 0 saturated carbocycles. The molecule has 0 N–H and O–H groups in total. The second-order valence-corrected chi connectivity index (χ2v) is 3.29. The number of alkyl halides is 1. The van der Waals surface area contributed by atoms with Gasteiger partial charge in [0.25, 0.3) is 0 Å². The van der Waals surface area contributed by atoms with Crippen LogP contribution < -0.4 is 0 Å². The fourth-order valence-electron chi connectivity index (χ4n) is 1.37. The van der Waals surface area contributed by atoms with Gasteiger partial charge in [-0.05, 0) is 12.8 Å². The molecular formula is C8H13ClO3. The van der Waals surface area contributed by atoms with Crippen molar-refractivity contribution in [1.82, 2.24) is 0 Å². The summed E-state index contributed by atoms with van der Waals surface area (Å²) in [5, 5.41) is 0. The summed E-state index contributed by atoms with van der Waals surface area (Å²) in [5.41, 5.74) is -0.492. The molecule has 1 heterocycles. The number of rotatable bonds is 2. The molecule has 0 radical (unpaired) electrons. The normalized spacial score (nSPS) is 21.8. The van der Waals surface area contributed by atoms with Gasteiger partial charge in [-0.2, -0.15) is 0 Å². The van der Waals surface area contributed by atoms with Crippen LogP contribution in [0.4, 0.5) is 0 Å². The fraction of sp³-hybridized carbons (Fsp3) is 0.875. The van der Waals surface area contributed by atoms with Crippen molar-refractivity contribution < 1.29 is 14.3 Å². The first-order valence-electron chi connectivity index (χ1n) is 3.97. The van der Waals surface area contributed by atoms with E-state index in [0.29, 0.717) is 31.9 Å². The summed E-state index contributed by atoms with van der Waals surface area (Å²) >= 11 is 5.75. The summed E-state index contributed by atoms with van der Waals surface area (Å²) < 4.78 is 9.86. The van der Waals surface area contributed by atoms with Crippen LogP contribution in [0, 0.1) is 5.41 Å². The summed E-state index contributed by atoms with van der Waals surface area (Å²) in [7, 11) is 1.39. The van der Waals surface area contributed by atoms with Crippen LogP contribution in [-0.4, -0.2) is 32.2 Å². The van der Waals surface area contributed by atoms with Crippen molar-refractivity contribution in [3.63, 3.8) is 0 Å². The van der Waals surface area contributed by atoms with E-state index in [0.717, 1.165) is 0 Å². The maximum absolute atomic E-state index is 11.4. The van der Waals surface area contributed by atoms with Gasteiger partial charge in [-0.3, -0.25) is 4.79 Å². The van der Waals surface area contributed by atoms with E-state index in [9.17, 15) is 4.79 Å². The highest BCUT2D eigenvalue weighted by Crippen LogP contribution is 2.32. The predicted octanol–water partition coefficient (Wildman–Crippen LogP) is 1.19. The van der Waals surface area contributed by atoms with Crippen LogP contribution in [0.2, 0.25) is 0 Å². The molecule has 0 bridgehead atoms. The minimum absolute atomic E-state index is 0.208. The number of carbonyl (C=O) groups is 1. The topological polar surface area (TPSA) is 35.5 Å². The maximum Gasteiger partial charge on any atom is 0.313 e. The van der Waals surface area contributed by atoms with Crippen molar-refractivity contribution in [1.29, 1.82) is 0 Å². The van der Waals surface area contributed by atoms with E-state index in [4.69, 9.17) is 21.1 Å². The smallest absolute Gasteiger partial charge is 0.313 e. The van der Waals surface area contributed by atoms with Gasteiger partial charge >= 0.3 is 5.97 Å². The number of ether oxygens (including phenoxy) is 2. The van der Waals surface area contributed by atoms with Crippen LogP contribution >= 0.6 is 11.6 Å². The predicted molar refractivity (Wildman–Crippen MR) is 45.2 cm³/mol. The molecular weight excluding hydrogens is 180 g/mol. The van der Waals surface area contributed by atoms with Gasteiger partial charge in [0.2, 0.25) is 0 Å². The van der Waals surface area contributed by atoms with Crippen molar-refractivity contribution in [2.75, 3.05) is 26.2 Å². The van der Waals surface area contributed by atoms with Gasteiger partial charge in [-0.1, -0.05) is 0 Å². The molecule has 0 amide bonds. The van der Waals surface area contributed by atoms with Crippen molar-refractivity contribution in [3.05, 3.63) is 0 Å². The van der Waals surface area contributed by atoms with E-state index in [1.54, 1.807) is 0 Å².